The number of halogens is 2. The molecule has 0 aromatic heterocycles. The molecule has 2 atom stereocenters. The van der Waals surface area contributed by atoms with Gasteiger partial charge < -0.3 is 5.32 Å². The zero-order valence-corrected chi connectivity index (χ0v) is 14.8. The van der Waals surface area contributed by atoms with Crippen LogP contribution in [0.4, 0.5) is 0 Å². The first-order valence-electron chi connectivity index (χ1n) is 7.34. The van der Waals surface area contributed by atoms with Crippen molar-refractivity contribution >= 4 is 27.5 Å². The molecule has 2 rings (SSSR count). The van der Waals surface area contributed by atoms with E-state index in [-0.39, 0.29) is 0 Å². The van der Waals surface area contributed by atoms with Crippen molar-refractivity contribution < 1.29 is 0 Å². The molecular weight excluding hydrogens is 346 g/mol. The second kappa shape index (κ2) is 7.98. The molecule has 0 aliphatic heterocycles. The molecular formula is C18H21BrClN. The highest BCUT2D eigenvalue weighted by atomic mass is 79.9. The van der Waals surface area contributed by atoms with Crippen molar-refractivity contribution in [3.05, 3.63) is 69.2 Å². The molecule has 0 spiro atoms. The third-order valence-corrected chi connectivity index (χ3v) is 4.70. The van der Waals surface area contributed by atoms with Gasteiger partial charge in [0.15, 0.2) is 0 Å². The lowest BCUT2D eigenvalue weighted by Crippen LogP contribution is -2.35. The van der Waals surface area contributed by atoms with E-state index in [1.165, 1.54) is 11.1 Å². The summed E-state index contributed by atoms with van der Waals surface area (Å²) in [4.78, 5) is 0. The highest BCUT2D eigenvalue weighted by Gasteiger charge is 2.19. The second-order valence-corrected chi connectivity index (χ2v) is 6.63. The molecule has 0 bridgehead atoms. The van der Waals surface area contributed by atoms with Gasteiger partial charge in [0.25, 0.3) is 0 Å². The van der Waals surface area contributed by atoms with Crippen LogP contribution in [0.2, 0.25) is 5.02 Å². The molecule has 0 amide bonds. The van der Waals surface area contributed by atoms with Crippen LogP contribution in [0.3, 0.4) is 0 Å². The van der Waals surface area contributed by atoms with Gasteiger partial charge in [-0.2, -0.15) is 0 Å². The lowest BCUT2D eigenvalue weighted by atomic mass is 9.89. The van der Waals surface area contributed by atoms with Gasteiger partial charge in [-0.15, -0.1) is 0 Å². The number of rotatable bonds is 6. The van der Waals surface area contributed by atoms with Crippen LogP contribution in [0, 0.1) is 0 Å². The van der Waals surface area contributed by atoms with Gasteiger partial charge in [0.2, 0.25) is 0 Å². The number of nitrogens with one attached hydrogen (secondary N) is 1. The Hall–Kier alpha value is -0.830. The van der Waals surface area contributed by atoms with Gasteiger partial charge in [-0.1, -0.05) is 77.8 Å². The van der Waals surface area contributed by atoms with E-state index in [4.69, 9.17) is 11.6 Å². The highest BCUT2D eigenvalue weighted by Crippen LogP contribution is 2.26. The predicted octanol–water partition coefficient (Wildman–Crippen LogP) is 5.43. The maximum absolute atomic E-state index is 6.37. The fraction of sp³-hybridized carbons (Fsp3) is 0.333. The molecule has 2 unspecified atom stereocenters. The SMILES string of the molecule is CCNC(Cc1ccc(Br)cc1Cl)C(C)c1ccccc1. The van der Waals surface area contributed by atoms with E-state index in [0.717, 1.165) is 22.5 Å². The molecule has 0 heterocycles. The first kappa shape index (κ1) is 16.5. The molecule has 2 aromatic carbocycles. The van der Waals surface area contributed by atoms with Crippen LogP contribution in [-0.4, -0.2) is 12.6 Å². The lowest BCUT2D eigenvalue weighted by Gasteiger charge is -2.26. The van der Waals surface area contributed by atoms with Crippen LogP contribution in [0.5, 0.6) is 0 Å². The summed E-state index contributed by atoms with van der Waals surface area (Å²) in [5.74, 6) is 0.436. The molecule has 0 saturated carbocycles. The van der Waals surface area contributed by atoms with E-state index in [9.17, 15) is 0 Å². The van der Waals surface area contributed by atoms with Crippen LogP contribution in [0.15, 0.2) is 53.0 Å². The molecule has 0 saturated heterocycles. The molecule has 1 N–H and O–H groups in total. The van der Waals surface area contributed by atoms with Crippen molar-refractivity contribution in [2.75, 3.05) is 6.54 Å². The summed E-state index contributed by atoms with van der Waals surface area (Å²) < 4.78 is 1.02. The summed E-state index contributed by atoms with van der Waals surface area (Å²) in [6.07, 6.45) is 0.927. The minimum Gasteiger partial charge on any atom is -0.313 e. The Kier molecular flexibility index (Phi) is 6.28. The Balaban J connectivity index is 2.19. The summed E-state index contributed by atoms with van der Waals surface area (Å²) in [5, 5.41) is 4.43. The molecule has 21 heavy (non-hydrogen) atoms. The summed E-state index contributed by atoms with van der Waals surface area (Å²) in [5.41, 5.74) is 2.55. The monoisotopic (exact) mass is 365 g/mol. The van der Waals surface area contributed by atoms with E-state index < -0.39 is 0 Å². The van der Waals surface area contributed by atoms with E-state index >= 15 is 0 Å². The van der Waals surface area contributed by atoms with Gasteiger partial charge in [-0.3, -0.25) is 0 Å². The van der Waals surface area contributed by atoms with Gasteiger partial charge >= 0.3 is 0 Å². The van der Waals surface area contributed by atoms with Gasteiger partial charge in [0, 0.05) is 15.5 Å². The first-order chi connectivity index (χ1) is 10.1. The van der Waals surface area contributed by atoms with Crippen molar-refractivity contribution in [3.8, 4) is 0 Å². The minimum atomic E-state index is 0.371. The normalized spacial score (nSPS) is 13.9. The fourth-order valence-electron chi connectivity index (χ4n) is 2.60. The van der Waals surface area contributed by atoms with Crippen LogP contribution in [-0.2, 0) is 6.42 Å². The largest absolute Gasteiger partial charge is 0.313 e. The molecule has 2 aromatic rings. The van der Waals surface area contributed by atoms with Crippen molar-refractivity contribution in [2.24, 2.45) is 0 Å². The Bertz CT molecular complexity index is 571. The minimum absolute atomic E-state index is 0.371. The van der Waals surface area contributed by atoms with E-state index in [1.807, 2.05) is 6.07 Å². The zero-order valence-electron chi connectivity index (χ0n) is 12.4. The maximum Gasteiger partial charge on any atom is 0.0449 e. The smallest absolute Gasteiger partial charge is 0.0449 e. The Labute approximate surface area is 140 Å². The summed E-state index contributed by atoms with van der Waals surface area (Å²) in [6.45, 7) is 5.37. The summed E-state index contributed by atoms with van der Waals surface area (Å²) in [6, 6.07) is 17.1. The third-order valence-electron chi connectivity index (χ3n) is 3.85. The first-order valence-corrected chi connectivity index (χ1v) is 8.51. The number of benzene rings is 2. The van der Waals surface area contributed by atoms with Gasteiger partial charge in [0.1, 0.15) is 0 Å². The fourth-order valence-corrected chi connectivity index (χ4v) is 3.35. The molecule has 0 aliphatic rings. The van der Waals surface area contributed by atoms with Crippen LogP contribution < -0.4 is 5.32 Å². The third kappa shape index (κ3) is 4.57. The Morgan fingerprint density at radius 2 is 1.86 bits per heavy atom. The Morgan fingerprint density at radius 1 is 1.14 bits per heavy atom. The molecule has 0 fully saturated rings. The second-order valence-electron chi connectivity index (χ2n) is 5.30. The van der Waals surface area contributed by atoms with E-state index in [0.29, 0.717) is 12.0 Å². The maximum atomic E-state index is 6.37. The quantitative estimate of drug-likeness (QED) is 0.719. The lowest BCUT2D eigenvalue weighted by molar-refractivity contribution is 0.458. The average Bonchev–Trinajstić information content (AvgIpc) is 2.49. The number of hydrogen-bond donors (Lipinski definition) is 1. The molecule has 0 aliphatic carbocycles. The van der Waals surface area contributed by atoms with Crippen LogP contribution in [0.1, 0.15) is 30.9 Å². The van der Waals surface area contributed by atoms with Gasteiger partial charge in [-0.05, 0) is 42.1 Å². The van der Waals surface area contributed by atoms with Crippen molar-refractivity contribution in [3.63, 3.8) is 0 Å². The van der Waals surface area contributed by atoms with Crippen LogP contribution >= 0.6 is 27.5 Å². The van der Waals surface area contributed by atoms with Crippen molar-refractivity contribution in [1.29, 1.82) is 0 Å². The highest BCUT2D eigenvalue weighted by molar-refractivity contribution is 9.10. The van der Waals surface area contributed by atoms with E-state index in [2.05, 4.69) is 77.6 Å². The zero-order chi connectivity index (χ0) is 15.2. The molecule has 0 radical (unpaired) electrons. The van der Waals surface area contributed by atoms with Crippen molar-refractivity contribution in [2.45, 2.75) is 32.2 Å². The number of hydrogen-bond acceptors (Lipinski definition) is 1. The number of likely N-dealkylation sites (N-methyl/N-ethyl adjacent to an activating group) is 1. The molecule has 3 heteroatoms. The van der Waals surface area contributed by atoms with E-state index in [1.54, 1.807) is 0 Å². The molecule has 1 nitrogen and oxygen atoms in total. The van der Waals surface area contributed by atoms with Crippen LogP contribution in [0.25, 0.3) is 0 Å². The Morgan fingerprint density at radius 3 is 2.48 bits per heavy atom. The van der Waals surface area contributed by atoms with Crippen molar-refractivity contribution in [1.82, 2.24) is 5.32 Å². The summed E-state index contributed by atoms with van der Waals surface area (Å²) in [7, 11) is 0. The summed E-state index contributed by atoms with van der Waals surface area (Å²) >= 11 is 9.83. The predicted molar refractivity (Wildman–Crippen MR) is 95.2 cm³/mol. The van der Waals surface area contributed by atoms with Gasteiger partial charge in [-0.25, -0.2) is 0 Å². The van der Waals surface area contributed by atoms with Gasteiger partial charge in [0.05, 0.1) is 0 Å². The standard InChI is InChI=1S/C18H21BrClN/c1-3-21-18(13(2)14-7-5-4-6-8-14)11-15-9-10-16(19)12-17(15)20/h4-10,12-13,18,21H,3,11H2,1-2H3. The topological polar surface area (TPSA) is 12.0 Å². The molecule has 112 valence electrons. The average molecular weight is 367 g/mol.